The minimum absolute atomic E-state index is 1.14. The molecule has 6 aromatic carbocycles. The van der Waals surface area contributed by atoms with Crippen molar-refractivity contribution in [2.24, 2.45) is 0 Å². The lowest BCUT2D eigenvalue weighted by Crippen LogP contribution is -2.09. The first kappa shape index (κ1) is 20.9. The Hall–Kier alpha value is -4.40. The second-order valence-corrected chi connectivity index (χ2v) is 10.1. The molecule has 0 saturated heterocycles. The molecule has 1 nitrogen and oxygen atoms in total. The summed E-state index contributed by atoms with van der Waals surface area (Å²) in [5.41, 5.74) is 5.92. The van der Waals surface area contributed by atoms with Crippen molar-refractivity contribution in [3.63, 3.8) is 0 Å². The summed E-state index contributed by atoms with van der Waals surface area (Å²) >= 11 is 1.86. The molecule has 0 atom stereocenters. The highest BCUT2D eigenvalue weighted by molar-refractivity contribution is 7.25. The molecule has 170 valence electrons. The summed E-state index contributed by atoms with van der Waals surface area (Å²) in [5.74, 6) is 0. The maximum absolute atomic E-state index is 2.36. The van der Waals surface area contributed by atoms with Crippen LogP contribution in [0.2, 0.25) is 0 Å². The van der Waals surface area contributed by atoms with Gasteiger partial charge >= 0.3 is 0 Å². The quantitative estimate of drug-likeness (QED) is 0.244. The highest BCUT2D eigenvalue weighted by Crippen LogP contribution is 2.41. The van der Waals surface area contributed by atoms with Gasteiger partial charge in [-0.05, 0) is 70.4 Å². The van der Waals surface area contributed by atoms with Crippen LogP contribution in [0.25, 0.3) is 42.1 Å². The number of rotatable bonds is 4. The molecule has 0 aliphatic heterocycles. The smallest absolute Gasteiger partial charge is 0.0468 e. The summed E-state index contributed by atoms with van der Waals surface area (Å²) in [6, 6.07) is 50.2. The monoisotopic (exact) mass is 477 g/mol. The maximum atomic E-state index is 2.36. The lowest BCUT2D eigenvalue weighted by atomic mass is 9.97. The Labute approximate surface area is 214 Å². The Morgan fingerprint density at radius 1 is 0.417 bits per heavy atom. The molecule has 1 aromatic heterocycles. The van der Waals surface area contributed by atoms with Crippen LogP contribution in [0, 0.1) is 0 Å². The fourth-order valence-corrected chi connectivity index (χ4v) is 6.25. The van der Waals surface area contributed by atoms with Gasteiger partial charge in [-0.1, -0.05) is 91.0 Å². The zero-order valence-electron chi connectivity index (χ0n) is 19.6. The van der Waals surface area contributed by atoms with Gasteiger partial charge in [0.05, 0.1) is 0 Å². The fourth-order valence-electron chi connectivity index (χ4n) is 5.17. The van der Waals surface area contributed by atoms with Gasteiger partial charge in [-0.15, -0.1) is 11.3 Å². The van der Waals surface area contributed by atoms with E-state index in [0.717, 1.165) is 17.1 Å². The minimum atomic E-state index is 1.14. The van der Waals surface area contributed by atoms with Gasteiger partial charge in [0, 0.05) is 37.2 Å². The molecule has 0 fully saturated rings. The molecule has 0 saturated carbocycles. The van der Waals surface area contributed by atoms with Crippen molar-refractivity contribution in [2.75, 3.05) is 4.90 Å². The Kier molecular flexibility index (Phi) is 5.04. The van der Waals surface area contributed by atoms with E-state index in [4.69, 9.17) is 0 Å². The van der Waals surface area contributed by atoms with E-state index in [1.54, 1.807) is 0 Å². The van der Waals surface area contributed by atoms with Crippen LogP contribution in [0.4, 0.5) is 17.1 Å². The predicted octanol–water partition coefficient (Wildman–Crippen LogP) is 10.3. The van der Waals surface area contributed by atoms with Gasteiger partial charge in [0.15, 0.2) is 0 Å². The molecule has 0 radical (unpaired) electrons. The van der Waals surface area contributed by atoms with Gasteiger partial charge < -0.3 is 4.90 Å². The topological polar surface area (TPSA) is 3.24 Å². The second kappa shape index (κ2) is 8.67. The Balaban J connectivity index is 1.43. The predicted molar refractivity (Wildman–Crippen MR) is 157 cm³/mol. The first-order valence-corrected chi connectivity index (χ1v) is 13.0. The fraction of sp³-hybridized carbons (Fsp3) is 0. The lowest BCUT2D eigenvalue weighted by Gasteiger charge is -2.26. The summed E-state index contributed by atoms with van der Waals surface area (Å²) in [5, 5.41) is 5.15. The number of para-hydroxylation sites is 1. The molecule has 1 heterocycles. The number of thiophene rings is 1. The zero-order chi connectivity index (χ0) is 23.9. The molecule has 2 heteroatoms. The van der Waals surface area contributed by atoms with Gasteiger partial charge in [-0.2, -0.15) is 0 Å². The van der Waals surface area contributed by atoms with Crippen LogP contribution < -0.4 is 4.90 Å². The van der Waals surface area contributed by atoms with E-state index in [2.05, 4.69) is 144 Å². The highest BCUT2D eigenvalue weighted by atomic mass is 32.1. The van der Waals surface area contributed by atoms with Crippen LogP contribution in [0.5, 0.6) is 0 Å². The molecule has 36 heavy (non-hydrogen) atoms. The van der Waals surface area contributed by atoms with Crippen LogP contribution in [0.3, 0.4) is 0 Å². The van der Waals surface area contributed by atoms with E-state index in [-0.39, 0.29) is 0 Å². The van der Waals surface area contributed by atoms with E-state index >= 15 is 0 Å². The van der Waals surface area contributed by atoms with E-state index in [0.29, 0.717) is 0 Å². The number of nitrogens with zero attached hydrogens (tertiary/aromatic N) is 1. The summed E-state index contributed by atoms with van der Waals surface area (Å²) < 4.78 is 2.64. The van der Waals surface area contributed by atoms with Crippen molar-refractivity contribution in [1.29, 1.82) is 0 Å². The molecular weight excluding hydrogens is 454 g/mol. The van der Waals surface area contributed by atoms with Gasteiger partial charge in [0.2, 0.25) is 0 Å². The Morgan fingerprint density at radius 3 is 2.00 bits per heavy atom. The van der Waals surface area contributed by atoms with E-state index < -0.39 is 0 Å². The minimum Gasteiger partial charge on any atom is -0.310 e. The first-order chi connectivity index (χ1) is 17.8. The van der Waals surface area contributed by atoms with Crippen LogP contribution in [0.1, 0.15) is 0 Å². The molecule has 0 amide bonds. The van der Waals surface area contributed by atoms with Gasteiger partial charge in [-0.3, -0.25) is 0 Å². The van der Waals surface area contributed by atoms with Crippen LogP contribution in [-0.4, -0.2) is 0 Å². The standard InChI is InChI=1S/C34H23NS/c1-2-13-26(14-3-1)35(28-20-21-34-32(23-28)31-17-6-7-19-33(31)36-34)27-15-8-12-25(22-27)30-18-9-11-24-10-4-5-16-29(24)30/h1-23H. The number of benzene rings is 6. The van der Waals surface area contributed by atoms with Crippen LogP contribution in [0.15, 0.2) is 140 Å². The maximum Gasteiger partial charge on any atom is 0.0468 e. The Morgan fingerprint density at radius 2 is 1.08 bits per heavy atom. The summed E-state index contributed by atoms with van der Waals surface area (Å²) in [4.78, 5) is 2.36. The normalized spacial score (nSPS) is 11.3. The number of fused-ring (bicyclic) bond motifs is 4. The summed E-state index contributed by atoms with van der Waals surface area (Å²) in [6.07, 6.45) is 0. The molecule has 0 aliphatic carbocycles. The average molecular weight is 478 g/mol. The van der Waals surface area contributed by atoms with E-state index in [1.165, 1.54) is 42.1 Å². The van der Waals surface area contributed by atoms with Crippen molar-refractivity contribution in [2.45, 2.75) is 0 Å². The number of hydrogen-bond donors (Lipinski definition) is 0. The third-order valence-corrected chi connectivity index (χ3v) is 7.99. The summed E-state index contributed by atoms with van der Waals surface area (Å²) in [6.45, 7) is 0. The van der Waals surface area contributed by atoms with Crippen molar-refractivity contribution >= 4 is 59.3 Å². The third kappa shape index (κ3) is 3.55. The van der Waals surface area contributed by atoms with Gasteiger partial charge in [0.25, 0.3) is 0 Å². The molecule has 0 aliphatic rings. The van der Waals surface area contributed by atoms with Crippen molar-refractivity contribution in [3.05, 3.63) is 140 Å². The van der Waals surface area contributed by atoms with Crippen molar-refractivity contribution < 1.29 is 0 Å². The van der Waals surface area contributed by atoms with Crippen LogP contribution >= 0.6 is 11.3 Å². The zero-order valence-corrected chi connectivity index (χ0v) is 20.5. The van der Waals surface area contributed by atoms with Crippen molar-refractivity contribution in [1.82, 2.24) is 0 Å². The molecule has 0 bridgehead atoms. The average Bonchev–Trinajstić information content (AvgIpc) is 3.32. The molecular formula is C34H23NS. The lowest BCUT2D eigenvalue weighted by molar-refractivity contribution is 1.29. The number of anilines is 3. The van der Waals surface area contributed by atoms with Crippen molar-refractivity contribution in [3.8, 4) is 11.1 Å². The molecule has 0 N–H and O–H groups in total. The van der Waals surface area contributed by atoms with Gasteiger partial charge in [-0.25, -0.2) is 0 Å². The highest BCUT2D eigenvalue weighted by Gasteiger charge is 2.15. The molecule has 0 spiro atoms. The van der Waals surface area contributed by atoms with E-state index in [1.807, 2.05) is 11.3 Å². The van der Waals surface area contributed by atoms with E-state index in [9.17, 15) is 0 Å². The molecule has 0 unspecified atom stereocenters. The van der Waals surface area contributed by atoms with Crippen LogP contribution in [-0.2, 0) is 0 Å². The summed E-state index contributed by atoms with van der Waals surface area (Å²) in [7, 11) is 0. The molecule has 7 aromatic rings. The second-order valence-electron chi connectivity index (χ2n) is 9.03. The largest absolute Gasteiger partial charge is 0.310 e. The van der Waals surface area contributed by atoms with Gasteiger partial charge in [0.1, 0.15) is 0 Å². The molecule has 7 rings (SSSR count). The SMILES string of the molecule is c1ccc(N(c2cccc(-c3cccc4ccccc34)c2)c2ccc3sc4ccccc4c3c2)cc1. The Bertz CT molecular complexity index is 1840. The third-order valence-electron chi connectivity index (χ3n) is 6.84. The first-order valence-electron chi connectivity index (χ1n) is 12.2. The number of hydrogen-bond acceptors (Lipinski definition) is 2.